The summed E-state index contributed by atoms with van der Waals surface area (Å²) in [5.41, 5.74) is 0.630. The largest absolute Gasteiger partial charge is 0.0851 e. The highest BCUT2D eigenvalue weighted by atomic mass is 14.4. The minimum Gasteiger partial charge on any atom is -0.0851 e. The summed E-state index contributed by atoms with van der Waals surface area (Å²) < 4.78 is 0. The Bertz CT molecular complexity index is 287. The number of fused-ring (bicyclic) bond motifs is 4. The van der Waals surface area contributed by atoms with E-state index in [4.69, 9.17) is 0 Å². The van der Waals surface area contributed by atoms with E-state index in [1.165, 1.54) is 38.5 Å². The highest BCUT2D eigenvalue weighted by molar-refractivity contribution is 5.13. The van der Waals surface area contributed by atoms with Gasteiger partial charge >= 0.3 is 0 Å². The van der Waals surface area contributed by atoms with E-state index >= 15 is 0 Å². The van der Waals surface area contributed by atoms with Crippen molar-refractivity contribution in [2.45, 2.75) is 45.4 Å². The van der Waals surface area contributed by atoms with Crippen molar-refractivity contribution >= 4 is 0 Å². The average Bonchev–Trinajstić information content (AvgIpc) is 2.97. The van der Waals surface area contributed by atoms with Crippen molar-refractivity contribution in [3.05, 3.63) is 24.3 Å². The zero-order chi connectivity index (χ0) is 10.3. The molecule has 4 rings (SSSR count). The first kappa shape index (κ1) is 9.69. The molecule has 0 heterocycles. The van der Waals surface area contributed by atoms with E-state index in [0.29, 0.717) is 5.41 Å². The Balaban J connectivity index is 0.0000000971. The van der Waals surface area contributed by atoms with Crippen LogP contribution in [-0.4, -0.2) is 0 Å². The van der Waals surface area contributed by atoms with E-state index in [9.17, 15) is 0 Å². The molecule has 15 heavy (non-hydrogen) atoms. The first-order valence-electron chi connectivity index (χ1n) is 6.61. The molecule has 0 aromatic heterocycles. The molecular formula is C15H22. The topological polar surface area (TPSA) is 0 Å². The predicted octanol–water partition coefficient (Wildman–Crippen LogP) is 4.34. The highest BCUT2D eigenvalue weighted by Gasteiger charge is 2.36. The smallest absolute Gasteiger partial charge is 0.0141 e. The van der Waals surface area contributed by atoms with Gasteiger partial charge in [0.1, 0.15) is 0 Å². The number of hydrogen-bond acceptors (Lipinski definition) is 0. The second-order valence-electron chi connectivity index (χ2n) is 6.23. The zero-order valence-corrected chi connectivity index (χ0v) is 9.78. The van der Waals surface area contributed by atoms with E-state index in [0.717, 1.165) is 17.8 Å². The van der Waals surface area contributed by atoms with Crippen LogP contribution in [0, 0.1) is 23.2 Å². The predicted molar refractivity (Wildman–Crippen MR) is 64.6 cm³/mol. The fraction of sp³-hybridized carbons (Fsp3) is 0.733. The van der Waals surface area contributed by atoms with Gasteiger partial charge in [0, 0.05) is 0 Å². The molecule has 0 amide bonds. The molecule has 0 aromatic rings. The molecule has 0 N–H and O–H groups in total. The van der Waals surface area contributed by atoms with Crippen molar-refractivity contribution in [3.8, 4) is 0 Å². The lowest BCUT2D eigenvalue weighted by Crippen LogP contribution is -2.02. The van der Waals surface area contributed by atoms with Crippen LogP contribution >= 0.6 is 0 Å². The molecule has 0 aromatic carbocycles. The molecule has 2 fully saturated rings. The van der Waals surface area contributed by atoms with E-state index in [1.54, 1.807) is 0 Å². The molecule has 0 spiro atoms. The monoisotopic (exact) mass is 202 g/mol. The Morgan fingerprint density at radius 1 is 0.933 bits per heavy atom. The normalized spacial score (nSPS) is 48.5. The van der Waals surface area contributed by atoms with Gasteiger partial charge in [0.15, 0.2) is 0 Å². The Kier molecular flexibility index (Phi) is 2.26. The summed E-state index contributed by atoms with van der Waals surface area (Å²) >= 11 is 0. The second kappa shape index (κ2) is 3.50. The summed E-state index contributed by atoms with van der Waals surface area (Å²) in [6, 6.07) is 0. The lowest BCUT2D eigenvalue weighted by Gasteiger charge is -2.14. The Labute approximate surface area is 93.5 Å². The van der Waals surface area contributed by atoms with Crippen molar-refractivity contribution in [2.75, 3.05) is 0 Å². The highest BCUT2D eigenvalue weighted by Crippen LogP contribution is 2.48. The van der Waals surface area contributed by atoms with Crippen LogP contribution in [-0.2, 0) is 0 Å². The minimum absolute atomic E-state index is 0.630. The summed E-state index contributed by atoms with van der Waals surface area (Å²) in [6.07, 6.45) is 18.3. The third-order valence-electron chi connectivity index (χ3n) is 4.75. The number of allylic oxidation sites excluding steroid dienone is 4. The average molecular weight is 202 g/mol. The van der Waals surface area contributed by atoms with Crippen molar-refractivity contribution in [3.63, 3.8) is 0 Å². The van der Waals surface area contributed by atoms with Crippen LogP contribution in [0.2, 0.25) is 0 Å². The van der Waals surface area contributed by atoms with Crippen molar-refractivity contribution in [1.29, 1.82) is 0 Å². The third-order valence-corrected chi connectivity index (χ3v) is 4.75. The molecule has 0 saturated heterocycles. The Hall–Kier alpha value is -0.520. The molecule has 4 aliphatic rings. The van der Waals surface area contributed by atoms with Gasteiger partial charge in [0.25, 0.3) is 0 Å². The van der Waals surface area contributed by atoms with E-state index in [2.05, 4.69) is 31.2 Å². The van der Waals surface area contributed by atoms with Crippen molar-refractivity contribution < 1.29 is 0 Å². The SMILES string of the molecule is C1=CC2CCC1C2.CC12C=CC(CC1)C2. The van der Waals surface area contributed by atoms with Crippen LogP contribution in [0.3, 0.4) is 0 Å². The molecule has 0 heteroatoms. The summed E-state index contributed by atoms with van der Waals surface area (Å²) in [5, 5.41) is 0. The maximum atomic E-state index is 2.40. The van der Waals surface area contributed by atoms with Gasteiger partial charge in [-0.2, -0.15) is 0 Å². The minimum atomic E-state index is 0.630. The zero-order valence-electron chi connectivity index (χ0n) is 9.78. The maximum Gasteiger partial charge on any atom is -0.0141 e. The standard InChI is InChI=1S/C8H12.C7H10/c1-8-4-2-7(6-8)3-5-8;1-2-7-4-3-6(1)5-7/h2,4,7H,3,5-6H2,1H3;1-2,6-7H,3-5H2. The molecule has 2 saturated carbocycles. The second-order valence-corrected chi connectivity index (χ2v) is 6.23. The molecule has 4 aliphatic carbocycles. The van der Waals surface area contributed by atoms with E-state index < -0.39 is 0 Å². The van der Waals surface area contributed by atoms with Crippen LogP contribution in [0.5, 0.6) is 0 Å². The van der Waals surface area contributed by atoms with E-state index in [1.807, 2.05) is 0 Å². The quantitative estimate of drug-likeness (QED) is 0.513. The van der Waals surface area contributed by atoms with Crippen molar-refractivity contribution in [2.24, 2.45) is 23.2 Å². The summed E-state index contributed by atoms with van der Waals surface area (Å²) in [6.45, 7) is 2.37. The van der Waals surface area contributed by atoms with Gasteiger partial charge in [-0.25, -0.2) is 0 Å². The van der Waals surface area contributed by atoms with Gasteiger partial charge in [-0.15, -0.1) is 0 Å². The number of rotatable bonds is 0. The molecule has 4 atom stereocenters. The van der Waals surface area contributed by atoms with Gasteiger partial charge in [-0.05, 0) is 61.7 Å². The molecule has 0 aliphatic heterocycles. The Morgan fingerprint density at radius 2 is 1.67 bits per heavy atom. The summed E-state index contributed by atoms with van der Waals surface area (Å²) in [5.74, 6) is 2.94. The molecular weight excluding hydrogens is 180 g/mol. The molecule has 0 nitrogen and oxygen atoms in total. The Morgan fingerprint density at radius 3 is 1.80 bits per heavy atom. The van der Waals surface area contributed by atoms with Crippen LogP contribution in [0.1, 0.15) is 45.4 Å². The van der Waals surface area contributed by atoms with Gasteiger partial charge < -0.3 is 0 Å². The summed E-state index contributed by atoms with van der Waals surface area (Å²) in [7, 11) is 0. The molecule has 4 unspecified atom stereocenters. The molecule has 4 bridgehead atoms. The first-order valence-corrected chi connectivity index (χ1v) is 6.61. The fourth-order valence-corrected chi connectivity index (χ4v) is 3.72. The molecule has 82 valence electrons. The lowest BCUT2D eigenvalue weighted by molar-refractivity contribution is 0.455. The van der Waals surface area contributed by atoms with Gasteiger partial charge in [-0.3, -0.25) is 0 Å². The summed E-state index contributed by atoms with van der Waals surface area (Å²) in [4.78, 5) is 0. The first-order chi connectivity index (χ1) is 7.23. The molecule has 0 radical (unpaired) electrons. The van der Waals surface area contributed by atoms with E-state index in [-0.39, 0.29) is 0 Å². The van der Waals surface area contributed by atoms with Crippen LogP contribution in [0.4, 0.5) is 0 Å². The number of hydrogen-bond donors (Lipinski definition) is 0. The van der Waals surface area contributed by atoms with Crippen LogP contribution in [0.15, 0.2) is 24.3 Å². The van der Waals surface area contributed by atoms with Crippen LogP contribution in [0.25, 0.3) is 0 Å². The van der Waals surface area contributed by atoms with Crippen LogP contribution < -0.4 is 0 Å². The lowest BCUT2D eigenvalue weighted by atomic mass is 9.91. The third kappa shape index (κ3) is 1.91. The van der Waals surface area contributed by atoms with Gasteiger partial charge in [0.05, 0.1) is 0 Å². The maximum absolute atomic E-state index is 2.40. The van der Waals surface area contributed by atoms with Crippen molar-refractivity contribution in [1.82, 2.24) is 0 Å². The van der Waals surface area contributed by atoms with Gasteiger partial charge in [0.2, 0.25) is 0 Å². The fourth-order valence-electron chi connectivity index (χ4n) is 3.72. The van der Waals surface area contributed by atoms with Gasteiger partial charge in [-0.1, -0.05) is 31.2 Å².